The van der Waals surface area contributed by atoms with Crippen molar-refractivity contribution >= 4 is 57.9 Å². The third-order valence-electron chi connectivity index (χ3n) is 4.73. The summed E-state index contributed by atoms with van der Waals surface area (Å²) in [6.45, 7) is 3.26. The summed E-state index contributed by atoms with van der Waals surface area (Å²) in [7, 11) is 0. The number of amides is 1. The van der Waals surface area contributed by atoms with Gasteiger partial charge in [0.15, 0.2) is 11.0 Å². The highest BCUT2D eigenvalue weighted by molar-refractivity contribution is 8.00. The van der Waals surface area contributed by atoms with Crippen molar-refractivity contribution in [1.82, 2.24) is 14.8 Å². The van der Waals surface area contributed by atoms with E-state index in [-0.39, 0.29) is 12.0 Å². The Labute approximate surface area is 192 Å². The number of halogens is 2. The summed E-state index contributed by atoms with van der Waals surface area (Å²) >= 11 is 15.3. The van der Waals surface area contributed by atoms with Crippen LogP contribution in [0, 0.1) is 0 Å². The maximum Gasteiger partial charge on any atom is 0.237 e. The van der Waals surface area contributed by atoms with Crippen LogP contribution in [0.5, 0.6) is 0 Å². The first-order valence-electron chi connectivity index (χ1n) is 9.53. The van der Waals surface area contributed by atoms with Crippen molar-refractivity contribution in [3.05, 3.63) is 45.8 Å². The van der Waals surface area contributed by atoms with Gasteiger partial charge in [-0.05, 0) is 43.3 Å². The van der Waals surface area contributed by atoms with Gasteiger partial charge in [0.1, 0.15) is 0 Å². The number of carbonyl (C=O) groups is 1. The molecule has 30 heavy (non-hydrogen) atoms. The first-order chi connectivity index (χ1) is 14.5. The molecule has 1 aliphatic heterocycles. The molecule has 1 fully saturated rings. The molecule has 0 aliphatic carbocycles. The number of nitrogens with one attached hydrogen (secondary N) is 1. The first kappa shape index (κ1) is 21.6. The Morgan fingerprint density at radius 2 is 2.13 bits per heavy atom. The van der Waals surface area contributed by atoms with E-state index in [4.69, 9.17) is 27.9 Å². The van der Waals surface area contributed by atoms with E-state index in [1.165, 1.54) is 11.8 Å². The molecule has 0 spiro atoms. The van der Waals surface area contributed by atoms with Crippen LogP contribution in [-0.2, 0) is 16.1 Å². The van der Waals surface area contributed by atoms with Crippen molar-refractivity contribution in [1.29, 1.82) is 0 Å². The summed E-state index contributed by atoms with van der Waals surface area (Å²) in [6, 6.07) is 9.11. The van der Waals surface area contributed by atoms with Crippen LogP contribution in [0.2, 0.25) is 10.0 Å². The second-order valence-electron chi connectivity index (χ2n) is 6.88. The zero-order valence-corrected chi connectivity index (χ0v) is 19.3. The zero-order valence-electron chi connectivity index (χ0n) is 16.2. The fraction of sp³-hybridized carbons (Fsp3) is 0.350. The lowest BCUT2D eigenvalue weighted by Gasteiger charge is -2.16. The molecule has 0 radical (unpaired) electrons. The average Bonchev–Trinajstić information content (AvgIpc) is 3.48. The monoisotopic (exact) mass is 482 g/mol. The molecule has 3 heterocycles. The molecule has 1 saturated heterocycles. The lowest BCUT2D eigenvalue weighted by atomic mass is 10.2. The van der Waals surface area contributed by atoms with E-state index in [2.05, 4.69) is 20.1 Å². The molecule has 3 aromatic rings. The second kappa shape index (κ2) is 9.70. The summed E-state index contributed by atoms with van der Waals surface area (Å²) in [5.41, 5.74) is 0.415. The number of thioether (sulfide) groups is 1. The zero-order chi connectivity index (χ0) is 21.1. The van der Waals surface area contributed by atoms with E-state index < -0.39 is 5.25 Å². The molecule has 10 heteroatoms. The number of benzene rings is 1. The highest BCUT2D eigenvalue weighted by Crippen LogP contribution is 2.33. The summed E-state index contributed by atoms with van der Waals surface area (Å²) < 4.78 is 7.87. The van der Waals surface area contributed by atoms with Crippen LogP contribution < -0.4 is 5.32 Å². The Morgan fingerprint density at radius 1 is 1.33 bits per heavy atom. The number of hydrogen-bond acceptors (Lipinski definition) is 6. The van der Waals surface area contributed by atoms with Crippen molar-refractivity contribution in [3.8, 4) is 10.7 Å². The van der Waals surface area contributed by atoms with Gasteiger partial charge in [-0.25, -0.2) is 0 Å². The van der Waals surface area contributed by atoms with Crippen LogP contribution in [0.15, 0.2) is 40.9 Å². The van der Waals surface area contributed by atoms with Crippen LogP contribution in [0.3, 0.4) is 0 Å². The number of ether oxygens (including phenoxy) is 1. The second-order valence-corrected chi connectivity index (χ2v) is 9.95. The highest BCUT2D eigenvalue weighted by atomic mass is 35.5. The molecule has 2 unspecified atom stereocenters. The molecule has 1 aromatic carbocycles. The lowest BCUT2D eigenvalue weighted by Crippen LogP contribution is -2.24. The minimum Gasteiger partial charge on any atom is -0.376 e. The van der Waals surface area contributed by atoms with Crippen molar-refractivity contribution in [2.24, 2.45) is 0 Å². The summed E-state index contributed by atoms with van der Waals surface area (Å²) in [5.74, 6) is 0.587. The summed E-state index contributed by atoms with van der Waals surface area (Å²) in [4.78, 5) is 13.8. The van der Waals surface area contributed by atoms with Crippen LogP contribution in [-0.4, -0.2) is 38.6 Å². The quantitative estimate of drug-likeness (QED) is 0.443. The molecule has 4 rings (SSSR count). The van der Waals surface area contributed by atoms with Gasteiger partial charge in [0.05, 0.1) is 38.5 Å². The number of carbonyl (C=O) groups excluding carboxylic acids is 1. The van der Waals surface area contributed by atoms with Gasteiger partial charge in [-0.3, -0.25) is 9.36 Å². The van der Waals surface area contributed by atoms with Gasteiger partial charge >= 0.3 is 0 Å². The summed E-state index contributed by atoms with van der Waals surface area (Å²) in [6.07, 6.45) is 2.19. The third kappa shape index (κ3) is 4.84. The van der Waals surface area contributed by atoms with Gasteiger partial charge in [0.2, 0.25) is 5.91 Å². The normalized spacial score (nSPS) is 17.2. The number of thiophene rings is 1. The molecular weight excluding hydrogens is 463 g/mol. The Balaban J connectivity index is 1.53. The smallest absolute Gasteiger partial charge is 0.237 e. The van der Waals surface area contributed by atoms with Gasteiger partial charge in [-0.15, -0.1) is 21.5 Å². The molecule has 2 aromatic heterocycles. The average molecular weight is 483 g/mol. The predicted octanol–water partition coefficient (Wildman–Crippen LogP) is 5.61. The Hall–Kier alpha value is -1.58. The van der Waals surface area contributed by atoms with Gasteiger partial charge in [-0.2, -0.15) is 0 Å². The number of hydrogen-bond donors (Lipinski definition) is 1. The number of anilines is 1. The van der Waals surface area contributed by atoms with E-state index in [1.54, 1.807) is 29.5 Å². The van der Waals surface area contributed by atoms with Crippen molar-refractivity contribution in [3.63, 3.8) is 0 Å². The Kier molecular flexibility index (Phi) is 7.00. The van der Waals surface area contributed by atoms with E-state index >= 15 is 0 Å². The van der Waals surface area contributed by atoms with Crippen LogP contribution in [0.4, 0.5) is 5.69 Å². The molecule has 2 atom stereocenters. The van der Waals surface area contributed by atoms with E-state index in [0.717, 1.165) is 30.2 Å². The van der Waals surface area contributed by atoms with Crippen molar-refractivity contribution in [2.75, 3.05) is 11.9 Å². The summed E-state index contributed by atoms with van der Waals surface area (Å²) in [5, 5.41) is 14.7. The maximum atomic E-state index is 12.8. The fourth-order valence-corrected chi connectivity index (χ4v) is 5.24. The van der Waals surface area contributed by atoms with E-state index in [9.17, 15) is 4.79 Å². The molecule has 158 valence electrons. The molecule has 1 amide bonds. The topological polar surface area (TPSA) is 69.0 Å². The number of aromatic nitrogens is 3. The van der Waals surface area contributed by atoms with Gasteiger partial charge in [-0.1, -0.05) is 47.1 Å². The van der Waals surface area contributed by atoms with E-state index in [0.29, 0.717) is 27.4 Å². The minimum absolute atomic E-state index is 0.130. The standard InChI is InChI=1S/C20H20Cl2N4O2S2/c1-12(19(27)23-17-14(21)6-2-7-15(17)22)30-20-25-24-18(16-8-4-10-29-16)26(20)11-13-5-3-9-28-13/h2,4,6-8,10,12-13H,3,5,9,11H2,1H3,(H,23,27). The number of nitrogens with zero attached hydrogens (tertiary/aromatic N) is 3. The molecule has 0 bridgehead atoms. The molecule has 1 N–H and O–H groups in total. The third-order valence-corrected chi connectivity index (χ3v) is 7.31. The molecule has 1 aliphatic rings. The maximum absolute atomic E-state index is 12.8. The Bertz CT molecular complexity index is 1000. The van der Waals surface area contributed by atoms with Gasteiger partial charge in [0, 0.05) is 6.61 Å². The van der Waals surface area contributed by atoms with Gasteiger partial charge in [0.25, 0.3) is 0 Å². The molecule has 0 saturated carbocycles. The predicted molar refractivity (Wildman–Crippen MR) is 123 cm³/mol. The molecule has 6 nitrogen and oxygen atoms in total. The lowest BCUT2D eigenvalue weighted by molar-refractivity contribution is -0.115. The highest BCUT2D eigenvalue weighted by Gasteiger charge is 2.25. The van der Waals surface area contributed by atoms with Crippen LogP contribution in [0.1, 0.15) is 19.8 Å². The van der Waals surface area contributed by atoms with Crippen LogP contribution in [0.25, 0.3) is 10.7 Å². The van der Waals surface area contributed by atoms with E-state index in [1.807, 2.05) is 24.4 Å². The SMILES string of the molecule is CC(Sc1nnc(-c2cccs2)n1CC1CCCO1)C(=O)Nc1c(Cl)cccc1Cl. The molecular formula is C20H20Cl2N4O2S2. The first-order valence-corrected chi connectivity index (χ1v) is 12.0. The van der Waals surface area contributed by atoms with Crippen molar-refractivity contribution < 1.29 is 9.53 Å². The Morgan fingerprint density at radius 3 is 2.80 bits per heavy atom. The largest absolute Gasteiger partial charge is 0.376 e. The fourth-order valence-electron chi connectivity index (χ4n) is 3.17. The number of rotatable bonds is 7. The van der Waals surface area contributed by atoms with Crippen LogP contribution >= 0.6 is 46.3 Å². The van der Waals surface area contributed by atoms with Gasteiger partial charge < -0.3 is 10.1 Å². The number of para-hydroxylation sites is 1. The minimum atomic E-state index is -0.430. The van der Waals surface area contributed by atoms with Crippen molar-refractivity contribution in [2.45, 2.75) is 42.8 Å².